The van der Waals surface area contributed by atoms with E-state index in [4.69, 9.17) is 9.31 Å². The minimum atomic E-state index is -0.739. The Bertz CT molecular complexity index is 617. The van der Waals surface area contributed by atoms with Crippen molar-refractivity contribution >= 4 is 12.6 Å². The van der Waals surface area contributed by atoms with Gasteiger partial charge in [0.25, 0.3) is 0 Å². The molecule has 0 aromatic heterocycles. The smallest absolute Gasteiger partial charge is 0.399 e. The van der Waals surface area contributed by atoms with Gasteiger partial charge in [-0.25, -0.2) is 0 Å². The molecule has 0 spiro atoms. The van der Waals surface area contributed by atoms with Crippen LogP contribution < -0.4 is 10.8 Å². The van der Waals surface area contributed by atoms with Crippen LogP contribution in [0.3, 0.4) is 0 Å². The first-order chi connectivity index (χ1) is 11.2. The maximum Gasteiger partial charge on any atom is 0.494 e. The summed E-state index contributed by atoms with van der Waals surface area (Å²) in [4.78, 5) is 0. The SMILES string of the molecule is CC1(C)OB(c2cccc(C3(O)CC4CCC(C3)N4)c2)OC1(C)C. The molecule has 5 heteroatoms. The highest BCUT2D eigenvalue weighted by Crippen LogP contribution is 2.41. The fourth-order valence-corrected chi connectivity index (χ4v) is 4.31. The van der Waals surface area contributed by atoms with E-state index in [1.165, 1.54) is 12.8 Å². The van der Waals surface area contributed by atoms with Gasteiger partial charge in [-0.05, 0) is 64.4 Å². The van der Waals surface area contributed by atoms with E-state index in [1.807, 2.05) is 18.2 Å². The molecule has 0 amide bonds. The van der Waals surface area contributed by atoms with Crippen molar-refractivity contribution in [3.63, 3.8) is 0 Å². The Balaban J connectivity index is 1.61. The van der Waals surface area contributed by atoms with Gasteiger partial charge in [0, 0.05) is 12.1 Å². The minimum absolute atomic E-state index is 0.349. The van der Waals surface area contributed by atoms with Gasteiger partial charge in [-0.2, -0.15) is 0 Å². The lowest BCUT2D eigenvalue weighted by Gasteiger charge is -2.37. The van der Waals surface area contributed by atoms with Gasteiger partial charge in [0.2, 0.25) is 0 Å². The molecule has 3 saturated heterocycles. The van der Waals surface area contributed by atoms with Crippen molar-refractivity contribution in [3.8, 4) is 0 Å². The quantitative estimate of drug-likeness (QED) is 0.816. The Morgan fingerprint density at radius 1 is 1.04 bits per heavy atom. The molecule has 0 saturated carbocycles. The van der Waals surface area contributed by atoms with E-state index in [-0.39, 0.29) is 18.3 Å². The van der Waals surface area contributed by atoms with Crippen molar-refractivity contribution in [1.82, 2.24) is 5.32 Å². The standard InChI is InChI=1S/C19H28BNO3/c1-17(2)18(3,4)24-20(23-17)14-7-5-6-13(10-14)19(22)11-15-8-9-16(12-19)21-15/h5-7,10,15-16,21-22H,8-9,11-12H2,1-4H3. The number of hydrogen-bond acceptors (Lipinski definition) is 4. The van der Waals surface area contributed by atoms with Gasteiger partial charge >= 0.3 is 7.12 Å². The van der Waals surface area contributed by atoms with Gasteiger partial charge < -0.3 is 19.7 Å². The lowest BCUT2D eigenvalue weighted by atomic mass is 9.74. The van der Waals surface area contributed by atoms with Gasteiger partial charge in [0.1, 0.15) is 0 Å². The molecule has 4 nitrogen and oxygen atoms in total. The zero-order chi connectivity index (χ0) is 17.2. The van der Waals surface area contributed by atoms with E-state index in [9.17, 15) is 5.11 Å². The minimum Gasteiger partial charge on any atom is -0.399 e. The molecule has 3 fully saturated rings. The summed E-state index contributed by atoms with van der Waals surface area (Å²) in [6.45, 7) is 8.26. The molecule has 130 valence electrons. The molecule has 4 rings (SSSR count). The van der Waals surface area contributed by atoms with Crippen LogP contribution in [-0.4, -0.2) is 35.5 Å². The molecule has 1 aromatic carbocycles. The average Bonchev–Trinajstić information content (AvgIpc) is 2.95. The van der Waals surface area contributed by atoms with Gasteiger partial charge in [-0.15, -0.1) is 0 Å². The summed E-state index contributed by atoms with van der Waals surface area (Å²) in [5.74, 6) is 0. The number of hydrogen-bond donors (Lipinski definition) is 2. The van der Waals surface area contributed by atoms with Crippen LogP contribution in [0.15, 0.2) is 24.3 Å². The Morgan fingerprint density at radius 3 is 2.21 bits per heavy atom. The zero-order valence-electron chi connectivity index (χ0n) is 15.1. The van der Waals surface area contributed by atoms with Crippen molar-refractivity contribution in [1.29, 1.82) is 0 Å². The Kier molecular flexibility index (Phi) is 3.67. The van der Waals surface area contributed by atoms with Gasteiger partial charge in [-0.3, -0.25) is 0 Å². The summed E-state index contributed by atoms with van der Waals surface area (Å²) >= 11 is 0. The Morgan fingerprint density at radius 2 is 1.62 bits per heavy atom. The molecule has 3 heterocycles. The summed E-state index contributed by atoms with van der Waals surface area (Å²) in [5, 5.41) is 14.9. The van der Waals surface area contributed by atoms with E-state index in [2.05, 4.69) is 39.1 Å². The second kappa shape index (κ2) is 5.31. The first-order valence-electron chi connectivity index (χ1n) is 9.13. The van der Waals surface area contributed by atoms with Gasteiger partial charge in [0.15, 0.2) is 0 Å². The summed E-state index contributed by atoms with van der Waals surface area (Å²) in [5.41, 5.74) is 0.548. The third-order valence-electron chi connectivity index (χ3n) is 6.45. The average molecular weight is 329 g/mol. The molecule has 2 unspecified atom stereocenters. The van der Waals surface area contributed by atoms with Crippen LogP contribution in [0, 0.1) is 0 Å². The number of rotatable bonds is 2. The van der Waals surface area contributed by atoms with Crippen molar-refractivity contribution in [3.05, 3.63) is 29.8 Å². The van der Waals surface area contributed by atoms with Crippen LogP contribution in [0.2, 0.25) is 0 Å². The number of nitrogens with one attached hydrogen (secondary N) is 1. The predicted octanol–water partition coefficient (Wildman–Crippen LogP) is 2.09. The summed E-state index contributed by atoms with van der Waals surface area (Å²) in [6, 6.07) is 9.04. The van der Waals surface area contributed by atoms with Crippen LogP contribution in [0.25, 0.3) is 0 Å². The molecule has 0 radical (unpaired) electrons. The summed E-state index contributed by atoms with van der Waals surface area (Å²) in [7, 11) is -0.378. The highest BCUT2D eigenvalue weighted by molar-refractivity contribution is 6.62. The normalized spacial score (nSPS) is 37.0. The van der Waals surface area contributed by atoms with E-state index in [1.54, 1.807) is 0 Å². The summed E-state index contributed by atoms with van der Waals surface area (Å²) < 4.78 is 12.3. The lowest BCUT2D eigenvalue weighted by molar-refractivity contribution is -0.0114. The third kappa shape index (κ3) is 2.62. The molecule has 3 aliphatic heterocycles. The highest BCUT2D eigenvalue weighted by atomic mass is 16.7. The van der Waals surface area contributed by atoms with E-state index >= 15 is 0 Å². The van der Waals surface area contributed by atoms with E-state index < -0.39 is 5.60 Å². The van der Waals surface area contributed by atoms with Crippen molar-refractivity contribution in [2.45, 2.75) is 82.3 Å². The first kappa shape index (κ1) is 16.6. The largest absolute Gasteiger partial charge is 0.494 e. The first-order valence-corrected chi connectivity index (χ1v) is 9.13. The number of benzene rings is 1. The van der Waals surface area contributed by atoms with Crippen molar-refractivity contribution < 1.29 is 14.4 Å². The van der Waals surface area contributed by atoms with Gasteiger partial charge in [0.05, 0.1) is 16.8 Å². The lowest BCUT2D eigenvalue weighted by Crippen LogP contribution is -2.47. The topological polar surface area (TPSA) is 50.7 Å². The maximum absolute atomic E-state index is 11.3. The van der Waals surface area contributed by atoms with Gasteiger partial charge in [-0.1, -0.05) is 24.3 Å². The fourth-order valence-electron chi connectivity index (χ4n) is 4.31. The molecular weight excluding hydrogens is 301 g/mol. The number of fused-ring (bicyclic) bond motifs is 2. The zero-order valence-corrected chi connectivity index (χ0v) is 15.1. The molecule has 3 aliphatic rings. The van der Waals surface area contributed by atoms with Crippen molar-refractivity contribution in [2.24, 2.45) is 0 Å². The predicted molar refractivity (Wildman–Crippen MR) is 95.2 cm³/mol. The summed E-state index contributed by atoms with van der Waals surface area (Å²) in [6.07, 6.45) is 3.92. The van der Waals surface area contributed by atoms with E-state index in [0.717, 1.165) is 23.9 Å². The molecule has 2 N–H and O–H groups in total. The van der Waals surface area contributed by atoms with Crippen molar-refractivity contribution in [2.75, 3.05) is 0 Å². The highest BCUT2D eigenvalue weighted by Gasteiger charge is 2.52. The second-order valence-electron chi connectivity index (χ2n) is 8.79. The molecule has 0 aliphatic carbocycles. The maximum atomic E-state index is 11.3. The van der Waals surface area contributed by atoms with Crippen LogP contribution in [-0.2, 0) is 14.9 Å². The van der Waals surface area contributed by atoms with Crippen LogP contribution in [0.5, 0.6) is 0 Å². The molecule has 2 bridgehead atoms. The second-order valence-corrected chi connectivity index (χ2v) is 8.79. The molecule has 1 aromatic rings. The van der Waals surface area contributed by atoms with Crippen LogP contribution >= 0.6 is 0 Å². The number of piperidine rings is 1. The molecule has 2 atom stereocenters. The monoisotopic (exact) mass is 329 g/mol. The Labute approximate surface area is 145 Å². The Hall–Kier alpha value is -0.875. The fraction of sp³-hybridized carbons (Fsp3) is 0.684. The van der Waals surface area contributed by atoms with Crippen LogP contribution in [0.1, 0.15) is 58.9 Å². The van der Waals surface area contributed by atoms with Crippen LogP contribution in [0.4, 0.5) is 0 Å². The molecular formula is C19H28BNO3. The third-order valence-corrected chi connectivity index (χ3v) is 6.45. The number of aliphatic hydroxyl groups is 1. The molecule has 24 heavy (non-hydrogen) atoms. The van der Waals surface area contributed by atoms with E-state index in [0.29, 0.717) is 12.1 Å².